The second-order valence-corrected chi connectivity index (χ2v) is 8.46. The summed E-state index contributed by atoms with van der Waals surface area (Å²) in [6.45, 7) is 0. The van der Waals surface area contributed by atoms with E-state index < -0.39 is 38.6 Å². The fourth-order valence-electron chi connectivity index (χ4n) is 2.22. The van der Waals surface area contributed by atoms with Gasteiger partial charge in [0, 0.05) is 12.1 Å². The summed E-state index contributed by atoms with van der Waals surface area (Å²) in [6.07, 6.45) is 3.97. The molecule has 4 rings (SSSR count). The van der Waals surface area contributed by atoms with Crippen LogP contribution in [0.4, 0.5) is 28.9 Å². The van der Waals surface area contributed by atoms with E-state index in [1.54, 1.807) is 0 Å². The topological polar surface area (TPSA) is 165 Å². The summed E-state index contributed by atoms with van der Waals surface area (Å²) < 4.78 is 62.0. The number of hydrogen-bond acceptors (Lipinski definition) is 8. The average Bonchev–Trinajstić information content (AvgIpc) is 3.70. The molecule has 2 aromatic carbocycles. The van der Waals surface area contributed by atoms with E-state index in [1.165, 1.54) is 75.3 Å². The van der Waals surface area contributed by atoms with Crippen molar-refractivity contribution in [3.05, 3.63) is 57.6 Å². The number of benzene rings is 2. The zero-order chi connectivity index (χ0) is 27.3. The molecule has 2 aliphatic rings. The van der Waals surface area contributed by atoms with Crippen molar-refractivity contribution in [2.45, 2.75) is 37.4 Å². The first-order valence-corrected chi connectivity index (χ1v) is 28.2. The van der Waals surface area contributed by atoms with E-state index >= 15 is 0 Å². The molecule has 0 heterocycles. The molecule has 1 atom stereocenters. The molecule has 0 amide bonds. The first-order chi connectivity index (χ1) is 16.4. The maximum absolute atomic E-state index is 13.0. The first-order valence-electron chi connectivity index (χ1n) is 10.3. The van der Waals surface area contributed by atoms with Crippen molar-refractivity contribution in [2.24, 2.45) is 0 Å². The van der Waals surface area contributed by atoms with Crippen LogP contribution in [-0.2, 0) is 9.24 Å². The van der Waals surface area contributed by atoms with E-state index in [4.69, 9.17) is 36.2 Å². The quantitative estimate of drug-likeness (QED) is 0.0606. The fourth-order valence-corrected chi connectivity index (χ4v) is 2.58. The Hall–Kier alpha value is 3.11. The molecule has 6 N–H and O–H groups in total. The van der Waals surface area contributed by atoms with Crippen molar-refractivity contribution in [1.82, 2.24) is 0 Å². The van der Waals surface area contributed by atoms with Crippen LogP contribution in [0.3, 0.4) is 0 Å². The van der Waals surface area contributed by atoms with Gasteiger partial charge >= 0.3 is 130 Å². The Kier molecular flexibility index (Phi) is 26.0. The minimum absolute atomic E-state index is 0. The number of nitrogen functional groups attached to an aromatic ring is 2. The molecule has 2 fully saturated rings. The van der Waals surface area contributed by atoms with Gasteiger partial charge in [0.1, 0.15) is 23.3 Å². The van der Waals surface area contributed by atoms with Crippen molar-refractivity contribution < 1.29 is 98.4 Å². The van der Waals surface area contributed by atoms with Crippen LogP contribution in [0, 0.1) is 23.3 Å². The molecule has 18 heteroatoms. The zero-order valence-corrected chi connectivity index (χ0v) is 31.7. The molecule has 0 saturated heterocycles. The predicted octanol–water partition coefficient (Wildman–Crippen LogP) is -1.10. The number of hydrogen-bond donors (Lipinski definition) is 4. The Morgan fingerprint density at radius 1 is 0.944 bits per heavy atom. The molecule has 2 aliphatic carbocycles. The van der Waals surface area contributed by atoms with Crippen LogP contribution in [0.2, 0.25) is 5.82 Å². The molecule has 0 aliphatic heterocycles. The number of rotatable bonds is 3. The third-order valence-electron chi connectivity index (χ3n) is 4.28. The van der Waals surface area contributed by atoms with Crippen molar-refractivity contribution in [3.8, 4) is 0 Å². The monoisotopic (exact) mass is 674 g/mol. The summed E-state index contributed by atoms with van der Waals surface area (Å²) >= 11 is 5.36. The van der Waals surface area contributed by atoms with E-state index in [1.807, 2.05) is 0 Å². The zero-order valence-electron chi connectivity index (χ0n) is 19.9. The van der Waals surface area contributed by atoms with Gasteiger partial charge in [0.15, 0.2) is 0 Å². The summed E-state index contributed by atoms with van der Waals surface area (Å²) in [6, 6.07) is 4.19. The van der Waals surface area contributed by atoms with E-state index in [0.717, 1.165) is 37.8 Å². The molecule has 0 bridgehead atoms. The molecule has 2 aromatic rings. The van der Waals surface area contributed by atoms with Crippen LogP contribution >= 0.6 is 24.2 Å². The summed E-state index contributed by atoms with van der Waals surface area (Å²) in [4.78, 5) is 8.87. The predicted molar refractivity (Wildman–Crippen MR) is 125 cm³/mol. The standard InChI is InChI=1S/C9H9F2N.C6H4BrF2N.C3H7BO2.3K.HO4P/c10-7-4-8(11)9(12)3-6(7)5-1-2-5;7-3-1-6(10)5(9)2-4(3)8;5-4(6)3-1-2-3;;;;1-4-5(2)3/h3-5H,1-2,12H2;1-2H,10H2;3,5-6H,1-2H2;;;;1H/q;;;;;+1;/p-1. The molecule has 8 nitrogen and oxygen atoms in total. The summed E-state index contributed by atoms with van der Waals surface area (Å²) in [5, 5.41) is 25.0. The molecular weight excluding hydrogens is 655 g/mol. The Balaban J connectivity index is 0. The molecule has 2 saturated carbocycles. The Bertz CT molecular complexity index is 919. The fraction of sp³-hybridized carbons (Fsp3) is 0.333. The van der Waals surface area contributed by atoms with Gasteiger partial charge in [0.05, 0.1) is 15.8 Å². The van der Waals surface area contributed by atoms with Crippen molar-refractivity contribution in [2.75, 3.05) is 11.5 Å². The molecular formula is C18H20BBrF4K3N2O6P. The van der Waals surface area contributed by atoms with Gasteiger partial charge in [-0.1, -0.05) is 12.8 Å². The second kappa shape index (κ2) is 22.7. The van der Waals surface area contributed by atoms with Crippen molar-refractivity contribution in [3.63, 3.8) is 0 Å². The molecule has 0 aromatic heterocycles. The van der Waals surface area contributed by atoms with Gasteiger partial charge in [-0.05, 0) is 62.8 Å². The third-order valence-corrected chi connectivity index (χ3v) is 5.01. The first kappa shape index (κ1) is 41.3. The van der Waals surface area contributed by atoms with E-state index in [9.17, 15) is 17.6 Å². The van der Waals surface area contributed by atoms with Crippen LogP contribution < -0.4 is 73.0 Å². The van der Waals surface area contributed by atoms with Crippen LogP contribution in [0.5, 0.6) is 0 Å². The molecule has 184 valence electrons. The van der Waals surface area contributed by atoms with E-state index in [2.05, 4.69) is 20.6 Å². The Morgan fingerprint density at radius 2 is 1.36 bits per heavy atom. The van der Waals surface area contributed by atoms with Crippen LogP contribution in [0.1, 0.15) is 37.2 Å². The summed E-state index contributed by atoms with van der Waals surface area (Å²) in [5.41, 5.74) is 11.0. The van der Waals surface area contributed by atoms with Crippen LogP contribution in [-0.4, -0.2) is 80.3 Å². The number of halogens is 5. The Labute approximate surface area is 303 Å². The van der Waals surface area contributed by atoms with Crippen molar-refractivity contribution >= 4 is 106 Å². The van der Waals surface area contributed by atoms with Gasteiger partial charge in [-0.2, -0.15) is 0 Å². The normalized spacial score (nSPS) is 13.5. The van der Waals surface area contributed by atoms with E-state index in [0.29, 0.717) is 5.56 Å². The van der Waals surface area contributed by atoms with Gasteiger partial charge in [0.2, 0.25) is 0 Å². The number of anilines is 2. The summed E-state index contributed by atoms with van der Waals surface area (Å²) in [5.74, 6) is -2.04. The summed E-state index contributed by atoms with van der Waals surface area (Å²) in [7, 11) is -4.19. The minimum atomic E-state index is -3.15. The van der Waals surface area contributed by atoms with Gasteiger partial charge in [-0.3, -0.25) is 0 Å². The van der Waals surface area contributed by atoms with E-state index in [-0.39, 0.29) is 79.0 Å². The molecule has 1 unspecified atom stereocenters. The van der Waals surface area contributed by atoms with Crippen LogP contribution in [0.25, 0.3) is 0 Å². The van der Waals surface area contributed by atoms with Gasteiger partial charge in [-0.25, -0.2) is 22.2 Å². The van der Waals surface area contributed by atoms with Gasteiger partial charge in [0.25, 0.3) is 0 Å². The third kappa shape index (κ3) is 18.5. The van der Waals surface area contributed by atoms with Crippen molar-refractivity contribution in [1.29, 1.82) is 0 Å². The SMILES string of the molecule is Nc1cc(Br)c(F)cc1F.Nc1cc(C2CC2)c(F)cc1F.O=[P+]([O-])O[O-].OB(O)C1CC1.[K+].[K][K]. The molecule has 0 radical (unpaired) electrons. The second-order valence-electron chi connectivity index (χ2n) is 7.01. The Morgan fingerprint density at radius 3 is 1.67 bits per heavy atom. The van der Waals surface area contributed by atoms with Crippen LogP contribution in [0.15, 0.2) is 28.7 Å². The molecule has 0 spiro atoms. The maximum atomic E-state index is 13.0. The van der Waals surface area contributed by atoms with Gasteiger partial charge < -0.3 is 31.7 Å². The number of nitrogens with two attached hydrogens (primary N) is 2. The molecule has 36 heavy (non-hydrogen) atoms. The average molecular weight is 675 g/mol. The van der Waals surface area contributed by atoms with Gasteiger partial charge in [-0.15, -0.1) is 0 Å².